The Morgan fingerprint density at radius 3 is 2.23 bits per heavy atom. The van der Waals surface area contributed by atoms with Gasteiger partial charge < -0.3 is 15.9 Å². The maximum Gasteiger partial charge on any atom is 0.125 e. The van der Waals surface area contributed by atoms with Gasteiger partial charge in [-0.3, -0.25) is 0 Å². The Balaban J connectivity index is 2.99. The van der Waals surface area contributed by atoms with Crippen LogP contribution in [0.5, 0.6) is 0 Å². The Kier molecular flexibility index (Phi) is 3.44. The molecule has 1 aromatic rings. The highest BCUT2D eigenvalue weighted by Crippen LogP contribution is 2.21. The number of benzene rings is 1. The van der Waals surface area contributed by atoms with Gasteiger partial charge in [0.05, 0.1) is 6.61 Å². The molecule has 0 amide bonds. The van der Waals surface area contributed by atoms with E-state index in [9.17, 15) is 5.11 Å². The van der Waals surface area contributed by atoms with E-state index in [1.807, 2.05) is 0 Å². The maximum atomic E-state index is 9.80. The lowest BCUT2D eigenvalue weighted by Gasteiger charge is -2.24. The van der Waals surface area contributed by atoms with Crippen molar-refractivity contribution in [3.8, 4) is 0 Å². The van der Waals surface area contributed by atoms with E-state index in [2.05, 4.69) is 15.9 Å². The molecule has 4 heteroatoms. The van der Waals surface area contributed by atoms with E-state index in [0.717, 1.165) is 4.47 Å². The molecule has 0 unspecified atom stereocenters. The SMILES string of the molecule is NC[C@](O)(CO)c1ccc(Br)cc1. The summed E-state index contributed by atoms with van der Waals surface area (Å²) in [5.41, 5.74) is 4.67. The van der Waals surface area contributed by atoms with Gasteiger partial charge in [-0.1, -0.05) is 28.1 Å². The predicted molar refractivity (Wildman–Crippen MR) is 54.2 cm³/mol. The molecule has 3 nitrogen and oxygen atoms in total. The molecule has 1 atom stereocenters. The van der Waals surface area contributed by atoms with Gasteiger partial charge in [-0.25, -0.2) is 0 Å². The first kappa shape index (κ1) is 10.7. The van der Waals surface area contributed by atoms with Crippen LogP contribution in [0.3, 0.4) is 0 Å². The molecule has 0 saturated heterocycles. The number of aliphatic hydroxyl groups is 2. The first-order valence-corrected chi connectivity index (χ1v) is 4.71. The van der Waals surface area contributed by atoms with E-state index in [1.165, 1.54) is 0 Å². The van der Waals surface area contributed by atoms with Crippen molar-refractivity contribution in [3.05, 3.63) is 34.3 Å². The molecule has 0 fully saturated rings. The summed E-state index contributed by atoms with van der Waals surface area (Å²) in [5, 5.41) is 18.8. The molecule has 0 heterocycles. The van der Waals surface area contributed by atoms with Crippen molar-refractivity contribution in [1.82, 2.24) is 0 Å². The van der Waals surface area contributed by atoms with Crippen LogP contribution in [0.4, 0.5) is 0 Å². The van der Waals surface area contributed by atoms with Crippen LogP contribution in [0.25, 0.3) is 0 Å². The number of hydrogen-bond donors (Lipinski definition) is 3. The van der Waals surface area contributed by atoms with E-state index in [0.29, 0.717) is 5.56 Å². The number of hydrogen-bond acceptors (Lipinski definition) is 3. The highest BCUT2D eigenvalue weighted by Gasteiger charge is 2.26. The monoisotopic (exact) mass is 245 g/mol. The lowest BCUT2D eigenvalue weighted by molar-refractivity contribution is -0.0110. The topological polar surface area (TPSA) is 66.5 Å². The smallest absolute Gasteiger partial charge is 0.125 e. The summed E-state index contributed by atoms with van der Waals surface area (Å²) in [4.78, 5) is 0. The predicted octanol–water partition coefficient (Wildman–Crippen LogP) is 0.588. The molecule has 4 N–H and O–H groups in total. The summed E-state index contributed by atoms with van der Waals surface area (Å²) >= 11 is 3.28. The van der Waals surface area contributed by atoms with Crippen molar-refractivity contribution in [2.75, 3.05) is 13.2 Å². The van der Waals surface area contributed by atoms with E-state index in [4.69, 9.17) is 10.8 Å². The minimum Gasteiger partial charge on any atom is -0.393 e. The number of nitrogens with two attached hydrogens (primary N) is 1. The molecule has 1 aromatic carbocycles. The molecule has 0 aromatic heterocycles. The molecule has 0 radical (unpaired) electrons. The van der Waals surface area contributed by atoms with Crippen molar-refractivity contribution in [3.63, 3.8) is 0 Å². The Morgan fingerprint density at radius 2 is 1.85 bits per heavy atom. The molecule has 13 heavy (non-hydrogen) atoms. The zero-order valence-corrected chi connectivity index (χ0v) is 8.66. The third kappa shape index (κ3) is 2.28. The molecule has 0 spiro atoms. The number of halogens is 1. The average Bonchev–Trinajstić information content (AvgIpc) is 2.18. The zero-order chi connectivity index (χ0) is 9.90. The summed E-state index contributed by atoms with van der Waals surface area (Å²) in [6.45, 7) is -0.365. The average molecular weight is 246 g/mol. The third-order valence-electron chi connectivity index (χ3n) is 1.98. The maximum absolute atomic E-state index is 9.80. The minimum atomic E-state index is -1.32. The van der Waals surface area contributed by atoms with Gasteiger partial charge in [0.1, 0.15) is 5.60 Å². The standard InChI is InChI=1S/C9H12BrNO2/c10-8-3-1-7(2-4-8)9(13,5-11)6-12/h1-4,12-13H,5-6,11H2/t9-/m0/s1. The lowest BCUT2D eigenvalue weighted by Crippen LogP contribution is -2.38. The Hall–Kier alpha value is -0.420. The van der Waals surface area contributed by atoms with Gasteiger partial charge in [-0.15, -0.1) is 0 Å². The summed E-state index contributed by atoms with van der Waals surface area (Å²) in [7, 11) is 0. The van der Waals surface area contributed by atoms with Crippen molar-refractivity contribution in [2.45, 2.75) is 5.60 Å². The van der Waals surface area contributed by atoms with Crippen LogP contribution >= 0.6 is 15.9 Å². The fraction of sp³-hybridized carbons (Fsp3) is 0.333. The molecule has 0 aliphatic carbocycles. The van der Waals surface area contributed by atoms with Gasteiger partial charge in [-0.05, 0) is 17.7 Å². The van der Waals surface area contributed by atoms with E-state index in [-0.39, 0.29) is 13.2 Å². The Morgan fingerprint density at radius 1 is 1.31 bits per heavy atom. The van der Waals surface area contributed by atoms with E-state index < -0.39 is 5.60 Å². The summed E-state index contributed by atoms with van der Waals surface area (Å²) in [6, 6.07) is 7.05. The molecule has 1 rings (SSSR count). The second kappa shape index (κ2) is 4.19. The normalized spacial score (nSPS) is 15.4. The Labute approximate surface area is 85.3 Å². The molecule has 0 aliphatic heterocycles. The van der Waals surface area contributed by atoms with Crippen LogP contribution < -0.4 is 5.73 Å². The summed E-state index contributed by atoms with van der Waals surface area (Å²) in [6.07, 6.45) is 0. The molecule has 0 saturated carbocycles. The second-order valence-corrected chi connectivity index (χ2v) is 3.82. The van der Waals surface area contributed by atoms with Gasteiger partial charge >= 0.3 is 0 Å². The molecule has 0 bridgehead atoms. The van der Waals surface area contributed by atoms with Gasteiger partial charge in [0.2, 0.25) is 0 Å². The van der Waals surface area contributed by atoms with E-state index in [1.54, 1.807) is 24.3 Å². The lowest BCUT2D eigenvalue weighted by atomic mass is 9.95. The van der Waals surface area contributed by atoms with Crippen LogP contribution in [-0.4, -0.2) is 23.4 Å². The Bertz CT molecular complexity index is 269. The number of aliphatic hydroxyl groups excluding tert-OH is 1. The molecule has 72 valence electrons. The van der Waals surface area contributed by atoms with Gasteiger partial charge in [0.15, 0.2) is 0 Å². The van der Waals surface area contributed by atoms with Gasteiger partial charge in [0.25, 0.3) is 0 Å². The van der Waals surface area contributed by atoms with Gasteiger partial charge in [-0.2, -0.15) is 0 Å². The quantitative estimate of drug-likeness (QED) is 0.731. The zero-order valence-electron chi connectivity index (χ0n) is 7.07. The minimum absolute atomic E-state index is 0.00509. The van der Waals surface area contributed by atoms with Crippen LogP contribution in [0.2, 0.25) is 0 Å². The highest BCUT2D eigenvalue weighted by molar-refractivity contribution is 9.10. The molecular weight excluding hydrogens is 234 g/mol. The largest absolute Gasteiger partial charge is 0.393 e. The van der Waals surface area contributed by atoms with Crippen molar-refractivity contribution >= 4 is 15.9 Å². The first-order valence-electron chi connectivity index (χ1n) is 3.92. The fourth-order valence-electron chi connectivity index (χ4n) is 1.03. The molecule has 0 aliphatic rings. The fourth-order valence-corrected chi connectivity index (χ4v) is 1.30. The summed E-state index contributed by atoms with van der Waals surface area (Å²) in [5.74, 6) is 0. The van der Waals surface area contributed by atoms with Crippen LogP contribution in [0, 0.1) is 0 Å². The molecular formula is C9H12BrNO2. The highest BCUT2D eigenvalue weighted by atomic mass is 79.9. The van der Waals surface area contributed by atoms with E-state index >= 15 is 0 Å². The number of rotatable bonds is 3. The summed E-state index contributed by atoms with van der Waals surface area (Å²) < 4.78 is 0.925. The first-order chi connectivity index (χ1) is 6.12. The van der Waals surface area contributed by atoms with Crippen molar-refractivity contribution in [1.29, 1.82) is 0 Å². The van der Waals surface area contributed by atoms with Crippen LogP contribution in [-0.2, 0) is 5.60 Å². The third-order valence-corrected chi connectivity index (χ3v) is 2.51. The van der Waals surface area contributed by atoms with Crippen molar-refractivity contribution in [2.24, 2.45) is 5.73 Å². The van der Waals surface area contributed by atoms with Gasteiger partial charge in [0, 0.05) is 11.0 Å². The van der Waals surface area contributed by atoms with Crippen LogP contribution in [0.1, 0.15) is 5.56 Å². The van der Waals surface area contributed by atoms with Crippen molar-refractivity contribution < 1.29 is 10.2 Å². The van der Waals surface area contributed by atoms with Crippen LogP contribution in [0.15, 0.2) is 28.7 Å². The second-order valence-electron chi connectivity index (χ2n) is 2.90.